The van der Waals surface area contributed by atoms with Crippen LogP contribution in [0.4, 0.5) is 10.2 Å². The van der Waals surface area contributed by atoms with Crippen molar-refractivity contribution in [2.45, 2.75) is 13.0 Å². The van der Waals surface area contributed by atoms with Crippen LogP contribution in [0.2, 0.25) is 0 Å². The van der Waals surface area contributed by atoms with Gasteiger partial charge in [-0.1, -0.05) is 66.7 Å². The van der Waals surface area contributed by atoms with Gasteiger partial charge < -0.3 is 4.90 Å². The second-order valence-electron chi connectivity index (χ2n) is 8.71. The van der Waals surface area contributed by atoms with Crippen LogP contribution in [-0.4, -0.2) is 21.5 Å². The smallest absolute Gasteiger partial charge is 0.162 e. The van der Waals surface area contributed by atoms with Gasteiger partial charge in [0.15, 0.2) is 5.82 Å². The SMILES string of the molecule is Fc1ccc(-c2cncc(-c3cc(N4CCc5ccccc5C4)nc(-c4ccccc4)n3)c2)cc1. The summed E-state index contributed by atoms with van der Waals surface area (Å²) in [6, 6.07) is 29.2. The molecule has 0 amide bonds. The molecule has 0 atom stereocenters. The normalized spacial score (nSPS) is 12.9. The van der Waals surface area contributed by atoms with E-state index in [1.807, 2.05) is 48.7 Å². The fraction of sp³-hybridized carbons (Fsp3) is 0.100. The lowest BCUT2D eigenvalue weighted by Crippen LogP contribution is -2.31. The van der Waals surface area contributed by atoms with E-state index in [2.05, 4.69) is 34.1 Å². The quantitative estimate of drug-likeness (QED) is 0.305. The molecule has 0 unspecified atom stereocenters. The van der Waals surface area contributed by atoms with Gasteiger partial charge in [0.05, 0.1) is 5.69 Å². The van der Waals surface area contributed by atoms with Gasteiger partial charge in [0, 0.05) is 48.2 Å². The highest BCUT2D eigenvalue weighted by Crippen LogP contribution is 2.31. The Morgan fingerprint density at radius 1 is 0.657 bits per heavy atom. The second-order valence-corrected chi connectivity index (χ2v) is 8.71. The Balaban J connectivity index is 1.43. The molecule has 0 N–H and O–H groups in total. The van der Waals surface area contributed by atoms with Crippen molar-refractivity contribution in [1.29, 1.82) is 0 Å². The zero-order valence-corrected chi connectivity index (χ0v) is 19.1. The Hall–Kier alpha value is -4.38. The Labute approximate surface area is 203 Å². The molecule has 0 spiro atoms. The molecule has 0 bridgehead atoms. The number of rotatable bonds is 4. The van der Waals surface area contributed by atoms with Crippen LogP contribution in [0.1, 0.15) is 11.1 Å². The molecular formula is C30H23FN4. The molecule has 5 heteroatoms. The molecule has 1 aliphatic rings. The highest BCUT2D eigenvalue weighted by atomic mass is 19.1. The molecule has 0 radical (unpaired) electrons. The average Bonchev–Trinajstić information content (AvgIpc) is 2.93. The van der Waals surface area contributed by atoms with E-state index in [4.69, 9.17) is 9.97 Å². The van der Waals surface area contributed by atoms with Crippen molar-refractivity contribution in [2.24, 2.45) is 0 Å². The maximum Gasteiger partial charge on any atom is 0.162 e. The van der Waals surface area contributed by atoms with E-state index in [1.54, 1.807) is 18.3 Å². The molecule has 3 heterocycles. The summed E-state index contributed by atoms with van der Waals surface area (Å²) in [7, 11) is 0. The molecule has 0 fully saturated rings. The van der Waals surface area contributed by atoms with Crippen LogP contribution in [0, 0.1) is 5.82 Å². The van der Waals surface area contributed by atoms with Gasteiger partial charge in [0.1, 0.15) is 11.6 Å². The summed E-state index contributed by atoms with van der Waals surface area (Å²) in [5, 5.41) is 0. The maximum atomic E-state index is 13.4. The largest absolute Gasteiger partial charge is 0.352 e. The van der Waals surface area contributed by atoms with Crippen molar-refractivity contribution >= 4 is 5.82 Å². The number of hydrogen-bond acceptors (Lipinski definition) is 4. The predicted molar refractivity (Wildman–Crippen MR) is 137 cm³/mol. The number of aromatic nitrogens is 3. The van der Waals surface area contributed by atoms with Gasteiger partial charge in [0.25, 0.3) is 0 Å². The number of hydrogen-bond donors (Lipinski definition) is 0. The minimum absolute atomic E-state index is 0.256. The summed E-state index contributed by atoms with van der Waals surface area (Å²) >= 11 is 0. The lowest BCUT2D eigenvalue weighted by Gasteiger charge is -2.30. The monoisotopic (exact) mass is 458 g/mol. The van der Waals surface area contributed by atoms with Crippen LogP contribution < -0.4 is 4.90 Å². The Bertz CT molecular complexity index is 1480. The van der Waals surface area contributed by atoms with Gasteiger partial charge in [-0.05, 0) is 41.3 Å². The third kappa shape index (κ3) is 4.41. The van der Waals surface area contributed by atoms with E-state index in [0.717, 1.165) is 53.3 Å². The first kappa shape index (κ1) is 21.2. The van der Waals surface area contributed by atoms with Gasteiger partial charge in [-0.15, -0.1) is 0 Å². The van der Waals surface area contributed by atoms with Crippen molar-refractivity contribution in [3.63, 3.8) is 0 Å². The fourth-order valence-electron chi connectivity index (χ4n) is 4.53. The molecular weight excluding hydrogens is 435 g/mol. The molecule has 5 aromatic rings. The minimum Gasteiger partial charge on any atom is -0.352 e. The van der Waals surface area contributed by atoms with Crippen LogP contribution in [0.5, 0.6) is 0 Å². The van der Waals surface area contributed by atoms with Gasteiger partial charge in [0.2, 0.25) is 0 Å². The molecule has 6 rings (SSSR count). The summed E-state index contributed by atoms with van der Waals surface area (Å²) < 4.78 is 13.4. The van der Waals surface area contributed by atoms with Crippen LogP contribution in [-0.2, 0) is 13.0 Å². The van der Waals surface area contributed by atoms with Gasteiger partial charge >= 0.3 is 0 Å². The third-order valence-electron chi connectivity index (χ3n) is 6.41. The fourth-order valence-corrected chi connectivity index (χ4v) is 4.53. The molecule has 0 saturated heterocycles. The molecule has 2 aromatic heterocycles. The highest BCUT2D eigenvalue weighted by Gasteiger charge is 2.19. The lowest BCUT2D eigenvalue weighted by atomic mass is 10.00. The first-order chi connectivity index (χ1) is 17.2. The number of benzene rings is 3. The van der Waals surface area contributed by atoms with Crippen molar-refractivity contribution in [3.05, 3.63) is 120 Å². The maximum absolute atomic E-state index is 13.4. The zero-order chi connectivity index (χ0) is 23.6. The summed E-state index contributed by atoms with van der Waals surface area (Å²) in [5.74, 6) is 1.33. The van der Waals surface area contributed by atoms with E-state index in [-0.39, 0.29) is 5.82 Å². The number of nitrogens with zero attached hydrogens (tertiary/aromatic N) is 4. The number of pyridine rings is 1. The van der Waals surface area contributed by atoms with Crippen LogP contribution >= 0.6 is 0 Å². The molecule has 35 heavy (non-hydrogen) atoms. The summed E-state index contributed by atoms with van der Waals surface area (Å²) in [4.78, 5) is 16.7. The molecule has 0 saturated carbocycles. The Morgan fingerprint density at radius 2 is 1.40 bits per heavy atom. The standard InChI is InChI=1S/C30H23FN4/c31-27-12-10-22(11-13-27)25-16-26(19-32-18-25)28-17-29(34-30(33-28)23-7-2-1-3-8-23)35-15-14-21-6-4-5-9-24(21)20-35/h1-13,16-19H,14-15,20H2. The second kappa shape index (κ2) is 9.11. The number of anilines is 1. The lowest BCUT2D eigenvalue weighted by molar-refractivity contribution is 0.628. The minimum atomic E-state index is -0.256. The first-order valence-corrected chi connectivity index (χ1v) is 11.7. The van der Waals surface area contributed by atoms with Crippen LogP contribution in [0.25, 0.3) is 33.8 Å². The van der Waals surface area contributed by atoms with E-state index in [1.165, 1.54) is 23.3 Å². The molecule has 1 aliphatic heterocycles. The van der Waals surface area contributed by atoms with E-state index in [0.29, 0.717) is 5.82 Å². The summed E-state index contributed by atoms with van der Waals surface area (Å²) in [6.07, 6.45) is 4.59. The van der Waals surface area contributed by atoms with Crippen molar-refractivity contribution in [2.75, 3.05) is 11.4 Å². The third-order valence-corrected chi connectivity index (χ3v) is 6.41. The molecule has 3 aromatic carbocycles. The Kier molecular flexibility index (Phi) is 5.51. The zero-order valence-electron chi connectivity index (χ0n) is 19.1. The predicted octanol–water partition coefficient (Wildman–Crippen LogP) is 6.57. The molecule has 0 aliphatic carbocycles. The summed E-state index contributed by atoms with van der Waals surface area (Å²) in [5.41, 5.74) is 7.23. The first-order valence-electron chi connectivity index (χ1n) is 11.7. The van der Waals surface area contributed by atoms with Crippen molar-refractivity contribution in [1.82, 2.24) is 15.0 Å². The summed E-state index contributed by atoms with van der Waals surface area (Å²) in [6.45, 7) is 1.71. The van der Waals surface area contributed by atoms with E-state index >= 15 is 0 Å². The highest BCUT2D eigenvalue weighted by molar-refractivity contribution is 5.73. The molecule has 4 nitrogen and oxygen atoms in total. The topological polar surface area (TPSA) is 41.9 Å². The van der Waals surface area contributed by atoms with Gasteiger partial charge in [-0.25, -0.2) is 14.4 Å². The van der Waals surface area contributed by atoms with Gasteiger partial charge in [-0.2, -0.15) is 0 Å². The van der Waals surface area contributed by atoms with Crippen molar-refractivity contribution < 1.29 is 4.39 Å². The Morgan fingerprint density at radius 3 is 2.23 bits per heavy atom. The number of fused-ring (bicyclic) bond motifs is 1. The molecule has 170 valence electrons. The van der Waals surface area contributed by atoms with Crippen LogP contribution in [0.3, 0.4) is 0 Å². The number of halogens is 1. The van der Waals surface area contributed by atoms with Gasteiger partial charge in [-0.3, -0.25) is 4.98 Å². The van der Waals surface area contributed by atoms with Crippen LogP contribution in [0.15, 0.2) is 103 Å². The average molecular weight is 459 g/mol. The van der Waals surface area contributed by atoms with Crippen molar-refractivity contribution in [3.8, 4) is 33.8 Å². The van der Waals surface area contributed by atoms with E-state index in [9.17, 15) is 4.39 Å². The van der Waals surface area contributed by atoms with E-state index < -0.39 is 0 Å².